The summed E-state index contributed by atoms with van der Waals surface area (Å²) < 4.78 is 25.7. The van der Waals surface area contributed by atoms with Crippen molar-refractivity contribution in [2.24, 2.45) is 0 Å². The molecule has 6 rings (SSSR count). The first kappa shape index (κ1) is 28.2. The van der Waals surface area contributed by atoms with Crippen LogP contribution in [-0.2, 0) is 11.3 Å². The van der Waals surface area contributed by atoms with E-state index in [1.807, 2.05) is 24.3 Å². The monoisotopic (exact) mass is 586 g/mol. The lowest BCUT2D eigenvalue weighted by Crippen LogP contribution is -2.49. The maximum atomic E-state index is 15.0. The number of carbonyl (C=O) groups excluding carboxylic acids is 2. The molecule has 2 N–H and O–H groups in total. The summed E-state index contributed by atoms with van der Waals surface area (Å²) in [4.78, 5) is 49.7. The van der Waals surface area contributed by atoms with E-state index in [0.29, 0.717) is 46.0 Å². The van der Waals surface area contributed by atoms with Gasteiger partial charge in [-0.15, -0.1) is 0 Å². The lowest BCUT2D eigenvalue weighted by atomic mass is 10.1. The van der Waals surface area contributed by atoms with Crippen molar-refractivity contribution in [2.45, 2.75) is 13.0 Å². The molecule has 3 aromatic carbocycles. The number of nitrogens with zero attached hydrogens (tertiary/aromatic N) is 4. The minimum atomic E-state index is -0.532. The summed E-state index contributed by atoms with van der Waals surface area (Å²) in [6.45, 7) is 3.73. The van der Waals surface area contributed by atoms with E-state index < -0.39 is 6.03 Å². The van der Waals surface area contributed by atoms with Crippen LogP contribution >= 0.6 is 0 Å². The molecule has 3 amide bonds. The van der Waals surface area contributed by atoms with Gasteiger partial charge in [-0.2, -0.15) is 0 Å². The molecule has 0 bridgehead atoms. The molecular formula is C31H31FN6O5. The number of hydrogen-bond donors (Lipinski definition) is 2. The van der Waals surface area contributed by atoms with Crippen LogP contribution in [0.2, 0.25) is 0 Å². The third kappa shape index (κ3) is 5.73. The molecule has 0 radical (unpaired) electrons. The number of carbonyl (C=O) groups is 2. The van der Waals surface area contributed by atoms with Crippen LogP contribution in [0.15, 0.2) is 59.4 Å². The molecule has 3 heterocycles. The molecule has 11 nitrogen and oxygen atoms in total. The lowest BCUT2D eigenvalue weighted by Gasteiger charge is -2.36. The van der Waals surface area contributed by atoms with Gasteiger partial charge in [-0.25, -0.2) is 14.2 Å². The fourth-order valence-corrected chi connectivity index (χ4v) is 5.50. The fraction of sp³-hybridized carbons (Fsp3) is 0.290. The largest absolute Gasteiger partial charge is 0.497 e. The van der Waals surface area contributed by atoms with Crippen LogP contribution in [0.1, 0.15) is 12.0 Å². The van der Waals surface area contributed by atoms with Gasteiger partial charge >= 0.3 is 6.03 Å². The van der Waals surface area contributed by atoms with E-state index >= 15 is 0 Å². The molecular weight excluding hydrogens is 555 g/mol. The second-order valence-corrected chi connectivity index (χ2v) is 10.5. The third-order valence-electron chi connectivity index (χ3n) is 7.88. The van der Waals surface area contributed by atoms with E-state index in [0.717, 1.165) is 37.4 Å². The first-order valence-corrected chi connectivity index (χ1v) is 14.0. The summed E-state index contributed by atoms with van der Waals surface area (Å²) in [6, 6.07) is 15.5. The number of imide groups is 1. The first-order chi connectivity index (χ1) is 20.8. The Morgan fingerprint density at radius 1 is 0.884 bits per heavy atom. The highest BCUT2D eigenvalue weighted by atomic mass is 19.1. The highest BCUT2D eigenvalue weighted by Crippen LogP contribution is 2.29. The molecule has 222 valence electrons. The smallest absolute Gasteiger partial charge is 0.328 e. The quantitative estimate of drug-likeness (QED) is 0.338. The Kier molecular flexibility index (Phi) is 7.68. The highest BCUT2D eigenvalue weighted by Gasteiger charge is 2.25. The maximum Gasteiger partial charge on any atom is 0.328 e. The number of halogens is 1. The van der Waals surface area contributed by atoms with Crippen LogP contribution in [-0.4, -0.2) is 73.7 Å². The number of amides is 3. The highest BCUT2D eigenvalue weighted by molar-refractivity contribution is 6.05. The number of anilines is 2. The summed E-state index contributed by atoms with van der Waals surface area (Å²) >= 11 is 0. The van der Waals surface area contributed by atoms with Crippen molar-refractivity contribution in [3.63, 3.8) is 0 Å². The van der Waals surface area contributed by atoms with Gasteiger partial charge < -0.3 is 19.4 Å². The molecule has 2 fully saturated rings. The molecule has 0 aliphatic carbocycles. The minimum Gasteiger partial charge on any atom is -0.497 e. The summed E-state index contributed by atoms with van der Waals surface area (Å²) in [6.07, 6.45) is 0.188. The zero-order chi connectivity index (χ0) is 30.1. The van der Waals surface area contributed by atoms with Crippen LogP contribution in [0.3, 0.4) is 0 Å². The average molecular weight is 587 g/mol. The molecule has 0 unspecified atom stereocenters. The van der Waals surface area contributed by atoms with E-state index in [-0.39, 0.29) is 30.2 Å². The van der Waals surface area contributed by atoms with Gasteiger partial charge in [-0.3, -0.25) is 24.7 Å². The Labute approximate surface area is 246 Å². The van der Waals surface area contributed by atoms with Gasteiger partial charge in [0.1, 0.15) is 28.5 Å². The number of hydrogen-bond acceptors (Lipinski definition) is 8. The van der Waals surface area contributed by atoms with E-state index in [2.05, 4.69) is 25.1 Å². The average Bonchev–Trinajstić information content (AvgIpc) is 3.02. The zero-order valence-corrected chi connectivity index (χ0v) is 23.9. The number of rotatable bonds is 7. The summed E-state index contributed by atoms with van der Waals surface area (Å²) in [5.41, 5.74) is 3.00. The number of H-pyrrole nitrogens is 1. The van der Waals surface area contributed by atoms with Gasteiger partial charge in [0.25, 0.3) is 5.56 Å². The Bertz CT molecular complexity index is 1750. The van der Waals surface area contributed by atoms with Crippen molar-refractivity contribution in [1.82, 2.24) is 20.2 Å². The Morgan fingerprint density at radius 2 is 1.63 bits per heavy atom. The maximum absolute atomic E-state index is 15.0. The second-order valence-electron chi connectivity index (χ2n) is 10.5. The Hall–Kier alpha value is -4.97. The second kappa shape index (κ2) is 11.7. The lowest BCUT2D eigenvalue weighted by molar-refractivity contribution is -0.120. The number of piperazine rings is 1. The van der Waals surface area contributed by atoms with Crippen LogP contribution in [0.25, 0.3) is 22.3 Å². The zero-order valence-electron chi connectivity index (χ0n) is 23.9. The predicted molar refractivity (Wildman–Crippen MR) is 160 cm³/mol. The van der Waals surface area contributed by atoms with E-state index in [1.54, 1.807) is 31.4 Å². The van der Waals surface area contributed by atoms with E-state index in [4.69, 9.17) is 9.47 Å². The Morgan fingerprint density at radius 3 is 2.30 bits per heavy atom. The van der Waals surface area contributed by atoms with Crippen LogP contribution < -0.4 is 30.1 Å². The molecule has 2 saturated heterocycles. The number of benzene rings is 3. The molecule has 2 aliphatic heterocycles. The SMILES string of the molecule is COc1cc(OC)c2c(=O)[nH]c(-c3ccc(N4CCN(Cc5ccc(N6CCC(=O)NC6=O)cc5F)CC4)cc3)nc2c1. The number of ether oxygens (including phenoxy) is 2. The first-order valence-electron chi connectivity index (χ1n) is 14.0. The normalized spacial score (nSPS) is 16.0. The molecule has 0 atom stereocenters. The molecule has 4 aromatic rings. The van der Waals surface area contributed by atoms with E-state index in [9.17, 15) is 18.8 Å². The molecule has 0 saturated carbocycles. The van der Waals surface area contributed by atoms with Crippen LogP contribution in [0.5, 0.6) is 11.5 Å². The molecule has 0 spiro atoms. The van der Waals surface area contributed by atoms with Gasteiger partial charge in [0.05, 0.1) is 19.7 Å². The summed E-state index contributed by atoms with van der Waals surface area (Å²) in [5.74, 6) is 0.695. The van der Waals surface area contributed by atoms with Crippen molar-refractivity contribution < 1.29 is 23.5 Å². The number of fused-ring (bicyclic) bond motifs is 1. The minimum absolute atomic E-state index is 0.188. The van der Waals surface area contributed by atoms with Gasteiger partial charge in [-0.05, 0) is 36.4 Å². The van der Waals surface area contributed by atoms with Gasteiger partial charge in [0, 0.05) is 80.3 Å². The topological polar surface area (TPSA) is 120 Å². The van der Waals surface area contributed by atoms with Crippen molar-refractivity contribution in [3.8, 4) is 22.9 Å². The molecule has 2 aliphatic rings. The van der Waals surface area contributed by atoms with Crippen molar-refractivity contribution in [3.05, 3.63) is 76.3 Å². The number of nitrogens with one attached hydrogen (secondary N) is 2. The van der Waals surface area contributed by atoms with Gasteiger partial charge in [-0.1, -0.05) is 6.07 Å². The standard InChI is InChI=1S/C31H31FN6O5/c1-42-23-16-25-28(26(17-23)43-2)30(40)35-29(33-25)19-3-6-21(7-4-19)37-13-11-36(12-14-37)18-20-5-8-22(15-24(20)32)38-10-9-27(39)34-31(38)41/h3-8,15-17H,9-14,18H2,1-2H3,(H,33,35,40)(H,34,39,41). The molecule has 12 heteroatoms. The Balaban J connectivity index is 1.09. The van der Waals surface area contributed by atoms with Crippen LogP contribution in [0, 0.1) is 5.82 Å². The van der Waals surface area contributed by atoms with E-state index in [1.165, 1.54) is 18.1 Å². The summed E-state index contributed by atoms with van der Waals surface area (Å²) in [5, 5.41) is 2.63. The van der Waals surface area contributed by atoms with Crippen molar-refractivity contribution in [2.75, 3.05) is 56.7 Å². The van der Waals surface area contributed by atoms with Crippen molar-refractivity contribution >= 4 is 34.2 Å². The number of methoxy groups -OCH3 is 2. The predicted octanol–water partition coefficient (Wildman–Crippen LogP) is 3.51. The molecule has 1 aromatic heterocycles. The van der Waals surface area contributed by atoms with Crippen LogP contribution in [0.4, 0.5) is 20.6 Å². The fourth-order valence-electron chi connectivity index (χ4n) is 5.50. The van der Waals surface area contributed by atoms with Crippen molar-refractivity contribution in [1.29, 1.82) is 0 Å². The number of aromatic nitrogens is 2. The number of aromatic amines is 1. The third-order valence-corrected chi connectivity index (χ3v) is 7.88. The van der Waals surface area contributed by atoms with Gasteiger partial charge in [0.2, 0.25) is 5.91 Å². The van der Waals surface area contributed by atoms with Gasteiger partial charge in [0.15, 0.2) is 0 Å². The number of urea groups is 1. The summed E-state index contributed by atoms with van der Waals surface area (Å²) in [7, 11) is 3.05. The molecule has 43 heavy (non-hydrogen) atoms.